The molecule has 4 aliphatic carbocycles. The Morgan fingerprint density at radius 3 is 1.34 bits per heavy atom. The Hall–Kier alpha value is -4.56. The minimum atomic E-state index is -0.173. The van der Waals surface area contributed by atoms with Crippen LogP contribution in [0.4, 0.5) is 0 Å². The molecule has 0 atom stereocenters. The van der Waals surface area contributed by atoms with Gasteiger partial charge in [0.25, 0.3) is 0 Å². The van der Waals surface area contributed by atoms with Gasteiger partial charge in [-0.2, -0.15) is 0 Å². The molecule has 6 aromatic carbocycles. The monoisotopic (exact) mass is 572 g/mol. The molecule has 6 aromatic rings. The number of phenols is 2. The van der Waals surface area contributed by atoms with E-state index in [1.807, 2.05) is 12.1 Å². The highest BCUT2D eigenvalue weighted by Crippen LogP contribution is 2.66. The number of benzene rings is 6. The molecule has 44 heavy (non-hydrogen) atoms. The molecule has 10 rings (SSSR count). The average Bonchev–Trinajstić information content (AvgIpc) is 3.05. The number of aromatic hydroxyl groups is 2. The van der Waals surface area contributed by atoms with Gasteiger partial charge in [-0.05, 0) is 124 Å². The van der Waals surface area contributed by atoms with Crippen molar-refractivity contribution in [3.63, 3.8) is 0 Å². The normalized spacial score (nSPS) is 23.4. The molecule has 216 valence electrons. The Labute approximate surface area is 258 Å². The van der Waals surface area contributed by atoms with Crippen LogP contribution in [-0.4, -0.2) is 10.2 Å². The number of hydrogen-bond acceptors (Lipinski definition) is 2. The third-order valence-electron chi connectivity index (χ3n) is 11.5. The molecule has 0 heterocycles. The summed E-state index contributed by atoms with van der Waals surface area (Å²) in [5.41, 5.74) is 6.39. The standard InChI is InChI=1S/C42H36O2/c43-40-17-15-30(24-38(40)36-13-5-9-28-7-1-3-11-34(28)36)42(32-20-26-19-27(22-32)23-33(42)21-26)31-16-18-41(44)39(25-31)37-14-6-10-29-8-2-4-12-35(29)37/h1-18,24-27,32-33,43-44H,19-23H2. The van der Waals surface area contributed by atoms with E-state index in [4.69, 9.17) is 0 Å². The minimum absolute atomic E-state index is 0.173. The Morgan fingerprint density at radius 1 is 0.432 bits per heavy atom. The van der Waals surface area contributed by atoms with Gasteiger partial charge in [0.2, 0.25) is 0 Å². The Kier molecular flexibility index (Phi) is 5.72. The summed E-state index contributed by atoms with van der Waals surface area (Å²) in [6.07, 6.45) is 6.39. The van der Waals surface area contributed by atoms with Gasteiger partial charge in [0, 0.05) is 16.5 Å². The maximum absolute atomic E-state index is 11.3. The van der Waals surface area contributed by atoms with Crippen LogP contribution >= 0.6 is 0 Å². The average molecular weight is 573 g/mol. The van der Waals surface area contributed by atoms with Gasteiger partial charge in [0.15, 0.2) is 0 Å². The molecular formula is C42H36O2. The van der Waals surface area contributed by atoms with E-state index in [1.54, 1.807) is 0 Å². The third kappa shape index (κ3) is 3.73. The van der Waals surface area contributed by atoms with Crippen molar-refractivity contribution in [2.24, 2.45) is 23.7 Å². The van der Waals surface area contributed by atoms with Gasteiger partial charge in [0.1, 0.15) is 11.5 Å². The van der Waals surface area contributed by atoms with Crippen molar-refractivity contribution < 1.29 is 10.2 Å². The second-order valence-corrected chi connectivity index (χ2v) is 13.7. The third-order valence-corrected chi connectivity index (χ3v) is 11.5. The number of phenolic OH excluding ortho intramolecular Hbond substituents is 2. The summed E-state index contributed by atoms with van der Waals surface area (Å²) in [7, 11) is 0. The van der Waals surface area contributed by atoms with E-state index >= 15 is 0 Å². The van der Waals surface area contributed by atoms with Gasteiger partial charge in [0.05, 0.1) is 0 Å². The number of hydrogen-bond donors (Lipinski definition) is 2. The SMILES string of the molecule is Oc1ccc(C2(c3ccc(O)c(-c4cccc5ccccc45)c3)C3CC4CC(C3)CC2C4)cc1-c1cccc2ccccc12. The van der Waals surface area contributed by atoms with Crippen LogP contribution in [0, 0.1) is 23.7 Å². The van der Waals surface area contributed by atoms with E-state index < -0.39 is 0 Å². The second kappa shape index (κ2) is 9.72. The van der Waals surface area contributed by atoms with Gasteiger partial charge in [-0.1, -0.05) is 97.1 Å². The van der Waals surface area contributed by atoms with E-state index in [1.165, 1.54) is 54.0 Å². The molecule has 0 aromatic heterocycles. The second-order valence-electron chi connectivity index (χ2n) is 13.7. The van der Waals surface area contributed by atoms with Gasteiger partial charge < -0.3 is 10.2 Å². The maximum atomic E-state index is 11.3. The van der Waals surface area contributed by atoms with Crippen molar-refractivity contribution in [1.29, 1.82) is 0 Å². The molecule has 2 nitrogen and oxygen atoms in total. The van der Waals surface area contributed by atoms with Crippen LogP contribution in [0.5, 0.6) is 11.5 Å². The maximum Gasteiger partial charge on any atom is 0.123 e. The molecular weight excluding hydrogens is 536 g/mol. The molecule has 0 amide bonds. The van der Waals surface area contributed by atoms with Crippen LogP contribution in [0.3, 0.4) is 0 Å². The van der Waals surface area contributed by atoms with Crippen LogP contribution in [-0.2, 0) is 5.41 Å². The molecule has 2 N–H and O–H groups in total. The predicted octanol–water partition coefficient (Wildman–Crippen LogP) is 10.5. The molecule has 4 bridgehead atoms. The van der Waals surface area contributed by atoms with Gasteiger partial charge >= 0.3 is 0 Å². The van der Waals surface area contributed by atoms with Crippen LogP contribution in [0.15, 0.2) is 121 Å². The summed E-state index contributed by atoms with van der Waals surface area (Å²) < 4.78 is 0. The van der Waals surface area contributed by atoms with E-state index in [2.05, 4.69) is 109 Å². The van der Waals surface area contributed by atoms with Crippen LogP contribution in [0.25, 0.3) is 43.8 Å². The first-order valence-electron chi connectivity index (χ1n) is 16.2. The van der Waals surface area contributed by atoms with Crippen molar-refractivity contribution in [1.82, 2.24) is 0 Å². The molecule has 4 fully saturated rings. The first-order valence-corrected chi connectivity index (χ1v) is 16.2. The Balaban J connectivity index is 1.29. The smallest absolute Gasteiger partial charge is 0.123 e. The molecule has 0 aliphatic heterocycles. The lowest BCUT2D eigenvalue weighted by atomic mass is 9.42. The fourth-order valence-corrected chi connectivity index (χ4v) is 9.98. The topological polar surface area (TPSA) is 40.5 Å². The quantitative estimate of drug-likeness (QED) is 0.221. The summed E-state index contributed by atoms with van der Waals surface area (Å²) in [5, 5.41) is 27.4. The zero-order valence-electron chi connectivity index (χ0n) is 24.8. The van der Waals surface area contributed by atoms with Crippen molar-refractivity contribution in [3.8, 4) is 33.8 Å². The lowest BCUT2D eigenvalue weighted by Crippen LogP contribution is -2.56. The molecule has 0 unspecified atom stereocenters. The summed E-state index contributed by atoms with van der Waals surface area (Å²) in [6.45, 7) is 0. The van der Waals surface area contributed by atoms with E-state index in [0.29, 0.717) is 23.3 Å². The lowest BCUT2D eigenvalue weighted by Gasteiger charge is -2.62. The Bertz CT molecular complexity index is 1900. The highest BCUT2D eigenvalue weighted by molar-refractivity contribution is 5.99. The molecule has 0 spiro atoms. The largest absolute Gasteiger partial charge is 0.507 e. The summed E-state index contributed by atoms with van der Waals surface area (Å²) >= 11 is 0. The van der Waals surface area contributed by atoms with Crippen LogP contribution in [0.2, 0.25) is 0 Å². The van der Waals surface area contributed by atoms with Crippen molar-refractivity contribution in [3.05, 3.63) is 132 Å². The molecule has 0 radical (unpaired) electrons. The predicted molar refractivity (Wildman–Crippen MR) is 180 cm³/mol. The highest BCUT2D eigenvalue weighted by atomic mass is 16.3. The van der Waals surface area contributed by atoms with Gasteiger partial charge in [-0.15, -0.1) is 0 Å². The van der Waals surface area contributed by atoms with Crippen LogP contribution in [0.1, 0.15) is 43.2 Å². The Morgan fingerprint density at radius 2 is 0.864 bits per heavy atom. The zero-order chi connectivity index (χ0) is 29.4. The van der Waals surface area contributed by atoms with Crippen molar-refractivity contribution in [2.45, 2.75) is 37.5 Å². The summed E-state index contributed by atoms with van der Waals surface area (Å²) in [6, 6.07) is 42.6. The lowest BCUT2D eigenvalue weighted by molar-refractivity contribution is -0.0418. The summed E-state index contributed by atoms with van der Waals surface area (Å²) in [4.78, 5) is 0. The molecule has 4 saturated carbocycles. The number of fused-ring (bicyclic) bond motifs is 2. The van der Waals surface area contributed by atoms with E-state index in [-0.39, 0.29) is 5.41 Å². The first-order chi connectivity index (χ1) is 21.6. The number of rotatable bonds is 4. The van der Waals surface area contributed by atoms with E-state index in [9.17, 15) is 10.2 Å². The highest BCUT2D eigenvalue weighted by Gasteiger charge is 2.58. The van der Waals surface area contributed by atoms with Crippen LogP contribution < -0.4 is 0 Å². The summed E-state index contributed by atoms with van der Waals surface area (Å²) in [5.74, 6) is 3.35. The molecule has 4 aliphatic rings. The zero-order valence-corrected chi connectivity index (χ0v) is 24.8. The van der Waals surface area contributed by atoms with Gasteiger partial charge in [-0.3, -0.25) is 0 Å². The van der Waals surface area contributed by atoms with Crippen molar-refractivity contribution in [2.75, 3.05) is 0 Å². The molecule has 2 heteroatoms. The minimum Gasteiger partial charge on any atom is -0.507 e. The van der Waals surface area contributed by atoms with Crippen molar-refractivity contribution >= 4 is 21.5 Å². The fraction of sp³-hybridized carbons (Fsp3) is 0.238. The van der Waals surface area contributed by atoms with Gasteiger partial charge in [-0.25, -0.2) is 0 Å². The fourth-order valence-electron chi connectivity index (χ4n) is 9.98. The van der Waals surface area contributed by atoms with E-state index in [0.717, 1.165) is 44.9 Å². The first kappa shape index (κ1) is 25.9. The molecule has 0 saturated heterocycles.